The van der Waals surface area contributed by atoms with Crippen molar-refractivity contribution in [2.24, 2.45) is 0 Å². The van der Waals surface area contributed by atoms with Gasteiger partial charge in [-0.05, 0) is 32.0 Å². The summed E-state index contributed by atoms with van der Waals surface area (Å²) >= 11 is 5.86. The summed E-state index contributed by atoms with van der Waals surface area (Å²) in [5.74, 6) is 0. The summed E-state index contributed by atoms with van der Waals surface area (Å²) in [4.78, 5) is 0.00704. The predicted molar refractivity (Wildman–Crippen MR) is 76.9 cm³/mol. The third-order valence-corrected chi connectivity index (χ3v) is 4.84. The lowest BCUT2D eigenvalue weighted by molar-refractivity contribution is 0.0601. The molecule has 20 heavy (non-hydrogen) atoms. The number of benzene rings is 1. The topological polar surface area (TPSA) is 81.4 Å². The Bertz CT molecular complexity index is 630. The van der Waals surface area contributed by atoms with Crippen LogP contribution in [0.2, 0.25) is 5.02 Å². The van der Waals surface area contributed by atoms with Crippen LogP contribution in [0.15, 0.2) is 23.1 Å². The molecular formula is C13H17ClN2O3S. The van der Waals surface area contributed by atoms with Gasteiger partial charge in [0.15, 0.2) is 0 Å². The largest absolute Gasteiger partial charge is 0.389 e. The molecule has 0 spiro atoms. The van der Waals surface area contributed by atoms with Crippen LogP contribution in [0, 0.1) is 11.3 Å². The van der Waals surface area contributed by atoms with Crippen molar-refractivity contribution < 1.29 is 13.5 Å². The van der Waals surface area contributed by atoms with E-state index in [1.54, 1.807) is 6.92 Å². The minimum absolute atomic E-state index is 0.00704. The van der Waals surface area contributed by atoms with Crippen molar-refractivity contribution in [3.05, 3.63) is 28.8 Å². The van der Waals surface area contributed by atoms with Crippen LogP contribution in [-0.2, 0) is 10.0 Å². The van der Waals surface area contributed by atoms with Crippen molar-refractivity contribution in [3.63, 3.8) is 0 Å². The highest BCUT2D eigenvalue weighted by atomic mass is 35.5. The first-order valence-electron chi connectivity index (χ1n) is 6.04. The Labute approximate surface area is 124 Å². The van der Waals surface area contributed by atoms with Gasteiger partial charge in [0.25, 0.3) is 0 Å². The van der Waals surface area contributed by atoms with Gasteiger partial charge in [-0.25, -0.2) is 8.42 Å². The molecule has 0 amide bonds. The Morgan fingerprint density at radius 2 is 2.05 bits per heavy atom. The fourth-order valence-corrected chi connectivity index (χ4v) is 3.61. The minimum Gasteiger partial charge on any atom is -0.389 e. The second kappa shape index (κ2) is 6.10. The maximum Gasteiger partial charge on any atom is 0.243 e. The Kier molecular flexibility index (Phi) is 5.16. The first-order valence-corrected chi connectivity index (χ1v) is 7.86. The molecule has 1 rings (SSSR count). The normalized spacial score (nSPS) is 12.4. The van der Waals surface area contributed by atoms with Gasteiger partial charge in [0.05, 0.1) is 21.1 Å². The molecule has 5 nitrogen and oxygen atoms in total. The minimum atomic E-state index is -3.75. The molecule has 1 aromatic rings. The van der Waals surface area contributed by atoms with Gasteiger partial charge in [-0.15, -0.1) is 0 Å². The molecule has 0 saturated heterocycles. The second-order valence-corrected chi connectivity index (χ2v) is 7.34. The highest BCUT2D eigenvalue weighted by Crippen LogP contribution is 2.23. The van der Waals surface area contributed by atoms with Crippen molar-refractivity contribution in [3.8, 4) is 6.07 Å². The van der Waals surface area contributed by atoms with Gasteiger partial charge in [0, 0.05) is 13.1 Å². The molecule has 0 aliphatic carbocycles. The molecule has 1 aromatic carbocycles. The van der Waals surface area contributed by atoms with Gasteiger partial charge in [-0.1, -0.05) is 18.5 Å². The van der Waals surface area contributed by atoms with Crippen LogP contribution in [0.5, 0.6) is 0 Å². The monoisotopic (exact) mass is 316 g/mol. The highest BCUT2D eigenvalue weighted by Gasteiger charge is 2.28. The van der Waals surface area contributed by atoms with E-state index in [-0.39, 0.29) is 28.6 Å². The highest BCUT2D eigenvalue weighted by molar-refractivity contribution is 7.89. The number of hydrogen-bond donors (Lipinski definition) is 1. The maximum atomic E-state index is 12.5. The van der Waals surface area contributed by atoms with Crippen LogP contribution in [0.25, 0.3) is 0 Å². The number of rotatable bonds is 5. The van der Waals surface area contributed by atoms with E-state index in [0.29, 0.717) is 0 Å². The van der Waals surface area contributed by atoms with Crippen molar-refractivity contribution in [1.82, 2.24) is 4.31 Å². The van der Waals surface area contributed by atoms with E-state index < -0.39 is 15.6 Å². The summed E-state index contributed by atoms with van der Waals surface area (Å²) in [6.45, 7) is 4.97. The fourth-order valence-electron chi connectivity index (χ4n) is 1.69. The predicted octanol–water partition coefficient (Wildman–Crippen LogP) is 1.99. The van der Waals surface area contributed by atoms with Gasteiger partial charge in [-0.3, -0.25) is 0 Å². The van der Waals surface area contributed by atoms with Gasteiger partial charge in [0.2, 0.25) is 10.0 Å². The average Bonchev–Trinajstić information content (AvgIpc) is 2.34. The molecule has 0 radical (unpaired) electrons. The van der Waals surface area contributed by atoms with Crippen molar-refractivity contribution >= 4 is 21.6 Å². The van der Waals surface area contributed by atoms with E-state index >= 15 is 0 Å². The third kappa shape index (κ3) is 3.93. The SMILES string of the molecule is CCN(CC(C)(C)O)S(=O)(=O)c1ccc(C#N)c(Cl)c1. The van der Waals surface area contributed by atoms with Gasteiger partial charge < -0.3 is 5.11 Å². The van der Waals surface area contributed by atoms with Crippen molar-refractivity contribution in [2.45, 2.75) is 31.3 Å². The van der Waals surface area contributed by atoms with Crippen LogP contribution >= 0.6 is 11.6 Å². The summed E-state index contributed by atoms with van der Waals surface area (Å²) < 4.78 is 26.1. The molecule has 0 saturated carbocycles. The summed E-state index contributed by atoms with van der Waals surface area (Å²) in [6.07, 6.45) is 0. The first kappa shape index (κ1) is 16.9. The van der Waals surface area contributed by atoms with Gasteiger partial charge in [-0.2, -0.15) is 9.57 Å². The van der Waals surface area contributed by atoms with Crippen LogP contribution in [0.4, 0.5) is 0 Å². The first-order chi connectivity index (χ1) is 9.11. The molecule has 110 valence electrons. The second-order valence-electron chi connectivity index (χ2n) is 5.00. The third-order valence-electron chi connectivity index (χ3n) is 2.61. The maximum absolute atomic E-state index is 12.5. The molecule has 0 atom stereocenters. The van der Waals surface area contributed by atoms with Crippen LogP contribution < -0.4 is 0 Å². The number of likely N-dealkylation sites (N-methyl/N-ethyl adjacent to an activating group) is 1. The number of nitrogens with zero attached hydrogens (tertiary/aromatic N) is 2. The van der Waals surface area contributed by atoms with E-state index in [2.05, 4.69) is 0 Å². The zero-order chi connectivity index (χ0) is 15.6. The molecule has 0 aromatic heterocycles. The van der Waals surface area contributed by atoms with E-state index in [1.807, 2.05) is 6.07 Å². The van der Waals surface area contributed by atoms with E-state index in [9.17, 15) is 13.5 Å². The molecular weight excluding hydrogens is 300 g/mol. The van der Waals surface area contributed by atoms with Crippen LogP contribution in [0.1, 0.15) is 26.3 Å². The number of sulfonamides is 1. The molecule has 0 heterocycles. The lowest BCUT2D eigenvalue weighted by Gasteiger charge is -2.27. The van der Waals surface area contributed by atoms with Crippen LogP contribution in [0.3, 0.4) is 0 Å². The Hall–Kier alpha value is -1.13. The summed E-state index contributed by atoms with van der Waals surface area (Å²) in [7, 11) is -3.75. The Balaban J connectivity index is 3.22. The summed E-state index contributed by atoms with van der Waals surface area (Å²) in [5.41, 5.74) is -0.921. The lowest BCUT2D eigenvalue weighted by atomic mass is 10.1. The zero-order valence-electron chi connectivity index (χ0n) is 11.6. The fraction of sp³-hybridized carbons (Fsp3) is 0.462. The van der Waals surface area contributed by atoms with E-state index in [4.69, 9.17) is 16.9 Å². The smallest absolute Gasteiger partial charge is 0.243 e. The number of halogens is 1. The number of nitriles is 1. The van der Waals surface area contributed by atoms with Gasteiger partial charge >= 0.3 is 0 Å². The summed E-state index contributed by atoms with van der Waals surface area (Å²) in [6, 6.07) is 5.84. The number of hydrogen-bond acceptors (Lipinski definition) is 4. The molecule has 1 N–H and O–H groups in total. The molecule has 0 fully saturated rings. The lowest BCUT2D eigenvalue weighted by Crippen LogP contribution is -2.42. The molecule has 7 heteroatoms. The van der Waals surface area contributed by atoms with Gasteiger partial charge in [0.1, 0.15) is 6.07 Å². The van der Waals surface area contributed by atoms with Crippen LogP contribution in [-0.4, -0.2) is 36.5 Å². The molecule has 0 aliphatic rings. The van der Waals surface area contributed by atoms with Crippen molar-refractivity contribution in [1.29, 1.82) is 5.26 Å². The van der Waals surface area contributed by atoms with E-state index in [0.717, 1.165) is 0 Å². The number of aliphatic hydroxyl groups is 1. The standard InChI is InChI=1S/C13H17ClN2O3S/c1-4-16(9-13(2,3)17)20(18,19)11-6-5-10(8-15)12(14)7-11/h5-7,17H,4,9H2,1-3H3. The molecule has 0 unspecified atom stereocenters. The molecule has 0 aliphatic heterocycles. The van der Waals surface area contributed by atoms with E-state index in [1.165, 1.54) is 36.4 Å². The zero-order valence-corrected chi connectivity index (χ0v) is 13.2. The molecule has 0 bridgehead atoms. The Morgan fingerprint density at radius 1 is 1.45 bits per heavy atom. The van der Waals surface area contributed by atoms with Crippen molar-refractivity contribution in [2.75, 3.05) is 13.1 Å². The average molecular weight is 317 g/mol. The summed E-state index contributed by atoms with van der Waals surface area (Å²) in [5, 5.41) is 18.7. The Morgan fingerprint density at radius 3 is 2.45 bits per heavy atom. The quantitative estimate of drug-likeness (QED) is 0.900.